The second-order valence-corrected chi connectivity index (χ2v) is 4.56. The highest BCUT2D eigenvalue weighted by atomic mass is 16.5. The Kier molecular flexibility index (Phi) is 3.02. The van der Waals surface area contributed by atoms with Gasteiger partial charge >= 0.3 is 0 Å². The third-order valence-corrected chi connectivity index (χ3v) is 3.02. The zero-order valence-electron chi connectivity index (χ0n) is 11.3. The molecule has 2 heterocycles. The average molecular weight is 269 g/mol. The van der Waals surface area contributed by atoms with Crippen molar-refractivity contribution in [3.63, 3.8) is 0 Å². The monoisotopic (exact) mass is 269 g/mol. The largest absolute Gasteiger partial charge is 0.507 e. The third-order valence-electron chi connectivity index (χ3n) is 3.02. The fraction of sp³-hybridized carbons (Fsp3) is 0.200. The van der Waals surface area contributed by atoms with E-state index in [0.29, 0.717) is 29.5 Å². The van der Waals surface area contributed by atoms with Crippen molar-refractivity contribution in [3.05, 3.63) is 35.9 Å². The Morgan fingerprint density at radius 3 is 2.80 bits per heavy atom. The van der Waals surface area contributed by atoms with Crippen LogP contribution in [-0.4, -0.2) is 26.7 Å². The van der Waals surface area contributed by atoms with E-state index in [0.717, 1.165) is 11.1 Å². The molecule has 2 aromatic heterocycles. The Labute approximate surface area is 116 Å². The highest BCUT2D eigenvalue weighted by Gasteiger charge is 2.11. The van der Waals surface area contributed by atoms with Crippen LogP contribution in [0.1, 0.15) is 12.5 Å². The summed E-state index contributed by atoms with van der Waals surface area (Å²) >= 11 is 0. The number of hydrogen-bond acceptors (Lipinski definition) is 4. The van der Waals surface area contributed by atoms with Gasteiger partial charge in [0.05, 0.1) is 17.7 Å². The second-order valence-electron chi connectivity index (χ2n) is 4.56. The van der Waals surface area contributed by atoms with Crippen molar-refractivity contribution in [2.24, 2.45) is 0 Å². The number of aromatic nitrogens is 3. The van der Waals surface area contributed by atoms with E-state index < -0.39 is 0 Å². The molecule has 3 aromatic rings. The standard InChI is InChI=1S/C15H15N3O2/c1-3-20-13-7-6-11-15(17-13)18-14(16-11)10-5-4-9(2)8-12(10)19/h4-8,19H,3H2,1-2H3,(H,16,17,18). The number of pyridine rings is 1. The van der Waals surface area contributed by atoms with Gasteiger partial charge in [-0.15, -0.1) is 0 Å². The number of aryl methyl sites for hydroxylation is 1. The Hall–Kier alpha value is -2.56. The Morgan fingerprint density at radius 2 is 2.05 bits per heavy atom. The summed E-state index contributed by atoms with van der Waals surface area (Å²) in [5.41, 5.74) is 3.04. The summed E-state index contributed by atoms with van der Waals surface area (Å²) < 4.78 is 5.35. The molecule has 20 heavy (non-hydrogen) atoms. The van der Waals surface area contributed by atoms with Crippen LogP contribution in [0.4, 0.5) is 0 Å². The summed E-state index contributed by atoms with van der Waals surface area (Å²) in [5, 5.41) is 10.0. The molecule has 0 spiro atoms. The Balaban J connectivity index is 2.08. The summed E-state index contributed by atoms with van der Waals surface area (Å²) in [5.74, 6) is 1.35. The summed E-state index contributed by atoms with van der Waals surface area (Å²) in [6, 6.07) is 9.15. The number of imidazole rings is 1. The van der Waals surface area contributed by atoms with Crippen LogP contribution in [-0.2, 0) is 0 Å². The molecule has 0 amide bonds. The molecule has 0 radical (unpaired) electrons. The normalized spacial score (nSPS) is 10.9. The first-order valence-corrected chi connectivity index (χ1v) is 6.47. The molecule has 5 heteroatoms. The lowest BCUT2D eigenvalue weighted by Crippen LogP contribution is -1.93. The van der Waals surface area contributed by atoms with E-state index in [9.17, 15) is 5.11 Å². The van der Waals surface area contributed by atoms with Crippen LogP contribution < -0.4 is 4.74 Å². The SMILES string of the molecule is CCOc1ccc2[nH]c(-c3ccc(C)cc3O)nc2n1. The summed E-state index contributed by atoms with van der Waals surface area (Å²) in [4.78, 5) is 11.9. The first-order chi connectivity index (χ1) is 9.67. The number of phenols is 1. The number of aromatic hydroxyl groups is 1. The number of benzene rings is 1. The van der Waals surface area contributed by atoms with Crippen molar-refractivity contribution in [1.82, 2.24) is 15.0 Å². The van der Waals surface area contributed by atoms with Crippen LogP contribution in [0.15, 0.2) is 30.3 Å². The van der Waals surface area contributed by atoms with Crippen molar-refractivity contribution in [2.75, 3.05) is 6.61 Å². The van der Waals surface area contributed by atoms with Gasteiger partial charge in [-0.3, -0.25) is 0 Å². The summed E-state index contributed by atoms with van der Waals surface area (Å²) in [6.45, 7) is 4.40. The molecular formula is C15H15N3O2. The average Bonchev–Trinajstić information content (AvgIpc) is 2.81. The minimum Gasteiger partial charge on any atom is -0.507 e. The topological polar surface area (TPSA) is 71.0 Å². The van der Waals surface area contributed by atoms with Crippen LogP contribution in [0.2, 0.25) is 0 Å². The fourth-order valence-electron chi connectivity index (χ4n) is 2.07. The number of phenolic OH excluding ortho intramolecular Hbond substituents is 1. The molecule has 0 saturated carbocycles. The number of rotatable bonds is 3. The predicted molar refractivity (Wildman–Crippen MR) is 76.9 cm³/mol. The molecule has 0 saturated heterocycles. The van der Waals surface area contributed by atoms with Gasteiger partial charge in [0.2, 0.25) is 5.88 Å². The van der Waals surface area contributed by atoms with Gasteiger partial charge in [0.15, 0.2) is 5.65 Å². The van der Waals surface area contributed by atoms with Crippen LogP contribution in [0.25, 0.3) is 22.6 Å². The van der Waals surface area contributed by atoms with E-state index in [4.69, 9.17) is 4.74 Å². The molecule has 0 atom stereocenters. The van der Waals surface area contributed by atoms with Gasteiger partial charge in [0.25, 0.3) is 0 Å². The van der Waals surface area contributed by atoms with E-state index in [2.05, 4.69) is 15.0 Å². The number of nitrogens with zero attached hydrogens (tertiary/aromatic N) is 2. The molecule has 0 aliphatic carbocycles. The van der Waals surface area contributed by atoms with Gasteiger partial charge in [-0.2, -0.15) is 4.98 Å². The van der Waals surface area contributed by atoms with Crippen molar-refractivity contribution < 1.29 is 9.84 Å². The quantitative estimate of drug-likeness (QED) is 0.766. The first kappa shape index (κ1) is 12.5. The minimum atomic E-state index is 0.203. The maximum Gasteiger partial charge on any atom is 0.215 e. The van der Waals surface area contributed by atoms with Crippen LogP contribution in [0.3, 0.4) is 0 Å². The van der Waals surface area contributed by atoms with Crippen molar-refractivity contribution >= 4 is 11.2 Å². The molecule has 0 bridgehead atoms. The Bertz CT molecular complexity index is 765. The van der Waals surface area contributed by atoms with Crippen LogP contribution in [0, 0.1) is 6.92 Å². The van der Waals surface area contributed by atoms with Crippen molar-refractivity contribution in [3.8, 4) is 23.0 Å². The van der Waals surface area contributed by atoms with E-state index >= 15 is 0 Å². The van der Waals surface area contributed by atoms with E-state index in [-0.39, 0.29) is 5.75 Å². The lowest BCUT2D eigenvalue weighted by Gasteiger charge is -2.01. The first-order valence-electron chi connectivity index (χ1n) is 6.47. The lowest BCUT2D eigenvalue weighted by molar-refractivity contribution is 0.328. The number of aromatic amines is 1. The van der Waals surface area contributed by atoms with Gasteiger partial charge in [-0.1, -0.05) is 6.07 Å². The smallest absolute Gasteiger partial charge is 0.215 e. The predicted octanol–water partition coefficient (Wildman–Crippen LogP) is 3.04. The molecule has 102 valence electrons. The third kappa shape index (κ3) is 2.18. The molecule has 0 aliphatic rings. The van der Waals surface area contributed by atoms with Gasteiger partial charge in [0, 0.05) is 6.07 Å². The van der Waals surface area contributed by atoms with Gasteiger partial charge < -0.3 is 14.8 Å². The fourth-order valence-corrected chi connectivity index (χ4v) is 2.07. The summed E-state index contributed by atoms with van der Waals surface area (Å²) in [7, 11) is 0. The zero-order valence-corrected chi connectivity index (χ0v) is 11.3. The van der Waals surface area contributed by atoms with E-state index in [1.807, 2.05) is 32.0 Å². The molecule has 0 fully saturated rings. The van der Waals surface area contributed by atoms with Crippen LogP contribution in [0.5, 0.6) is 11.6 Å². The second kappa shape index (κ2) is 4.85. The maximum atomic E-state index is 10.0. The number of fused-ring (bicyclic) bond motifs is 1. The van der Waals surface area contributed by atoms with E-state index in [1.54, 1.807) is 12.1 Å². The molecule has 5 nitrogen and oxygen atoms in total. The van der Waals surface area contributed by atoms with E-state index in [1.165, 1.54) is 0 Å². The highest BCUT2D eigenvalue weighted by Crippen LogP contribution is 2.29. The van der Waals surface area contributed by atoms with Gasteiger partial charge in [0.1, 0.15) is 11.6 Å². The zero-order chi connectivity index (χ0) is 14.1. The van der Waals surface area contributed by atoms with Gasteiger partial charge in [-0.05, 0) is 37.6 Å². The number of nitrogens with one attached hydrogen (secondary N) is 1. The van der Waals surface area contributed by atoms with Gasteiger partial charge in [-0.25, -0.2) is 4.98 Å². The van der Waals surface area contributed by atoms with Crippen molar-refractivity contribution in [1.29, 1.82) is 0 Å². The number of H-pyrrole nitrogens is 1. The number of hydrogen-bond donors (Lipinski definition) is 2. The molecule has 0 aliphatic heterocycles. The molecule has 0 unspecified atom stereocenters. The lowest BCUT2D eigenvalue weighted by atomic mass is 10.1. The summed E-state index contributed by atoms with van der Waals surface area (Å²) in [6.07, 6.45) is 0. The molecule has 2 N–H and O–H groups in total. The van der Waals surface area contributed by atoms with Crippen LogP contribution >= 0.6 is 0 Å². The molecule has 1 aromatic carbocycles. The molecule has 3 rings (SSSR count). The maximum absolute atomic E-state index is 10.0. The molecular weight excluding hydrogens is 254 g/mol. The minimum absolute atomic E-state index is 0.203. The number of ether oxygens (including phenoxy) is 1. The highest BCUT2D eigenvalue weighted by molar-refractivity contribution is 5.78. The Morgan fingerprint density at radius 1 is 1.20 bits per heavy atom. The van der Waals surface area contributed by atoms with Crippen molar-refractivity contribution in [2.45, 2.75) is 13.8 Å².